The molecule has 0 aromatic heterocycles. The van der Waals surface area contributed by atoms with Gasteiger partial charge < -0.3 is 21.1 Å². The van der Waals surface area contributed by atoms with Crippen LogP contribution in [0.25, 0.3) is 0 Å². The summed E-state index contributed by atoms with van der Waals surface area (Å²) in [5, 5.41) is 5.20. The largest absolute Gasteiger partial charge is 0.497 e. The number of nitrogens with one attached hydrogen (secondary N) is 2. The quantitative estimate of drug-likeness (QED) is 0.637. The van der Waals surface area contributed by atoms with E-state index < -0.39 is 23.9 Å². The van der Waals surface area contributed by atoms with Gasteiger partial charge in [0.15, 0.2) is 0 Å². The van der Waals surface area contributed by atoms with Gasteiger partial charge in [-0.3, -0.25) is 14.4 Å². The van der Waals surface area contributed by atoms with Crippen molar-refractivity contribution in [1.29, 1.82) is 0 Å². The number of benzene rings is 1. The minimum Gasteiger partial charge on any atom is -0.497 e. The normalized spacial score (nSPS) is 13.0. The van der Waals surface area contributed by atoms with Crippen molar-refractivity contribution in [3.8, 4) is 5.75 Å². The van der Waals surface area contributed by atoms with Crippen LogP contribution in [-0.2, 0) is 20.8 Å². The zero-order valence-electron chi connectivity index (χ0n) is 14.5. The molecule has 0 aliphatic heterocycles. The number of hydrogen-bond donors (Lipinski definition) is 3. The van der Waals surface area contributed by atoms with Crippen LogP contribution in [-0.4, -0.2) is 36.9 Å². The molecule has 0 unspecified atom stereocenters. The summed E-state index contributed by atoms with van der Waals surface area (Å²) in [5.41, 5.74) is 6.23. The first-order chi connectivity index (χ1) is 11.2. The summed E-state index contributed by atoms with van der Waals surface area (Å²) in [6, 6.07) is 5.55. The van der Waals surface area contributed by atoms with Crippen LogP contribution in [0.3, 0.4) is 0 Å². The fourth-order valence-corrected chi connectivity index (χ4v) is 2.24. The van der Waals surface area contributed by atoms with Gasteiger partial charge in [0.05, 0.1) is 7.11 Å². The second-order valence-corrected chi connectivity index (χ2v) is 5.94. The molecule has 1 rings (SSSR count). The maximum atomic E-state index is 12.4. The molecule has 1 aromatic carbocycles. The standard InChI is InChI=1S/C17H25N3O4/c1-10(2)15(19-11(3)21)17(23)20-14(16(18)22)9-12-5-7-13(24-4)8-6-12/h5-8,10,14-15H,9H2,1-4H3,(H2,18,22)(H,19,21)(H,20,23)/t14-,15-/m1/s1. The molecule has 1 aromatic rings. The van der Waals surface area contributed by atoms with Gasteiger partial charge in [0.1, 0.15) is 17.8 Å². The predicted molar refractivity (Wildman–Crippen MR) is 90.3 cm³/mol. The molecule has 0 spiro atoms. The lowest BCUT2D eigenvalue weighted by Gasteiger charge is -2.24. The summed E-state index contributed by atoms with van der Waals surface area (Å²) >= 11 is 0. The van der Waals surface area contributed by atoms with Gasteiger partial charge in [-0.25, -0.2) is 0 Å². The van der Waals surface area contributed by atoms with E-state index in [4.69, 9.17) is 10.5 Å². The Morgan fingerprint density at radius 1 is 1.12 bits per heavy atom. The summed E-state index contributed by atoms with van der Waals surface area (Å²) in [7, 11) is 1.56. The van der Waals surface area contributed by atoms with Gasteiger partial charge in [-0.2, -0.15) is 0 Å². The molecule has 0 heterocycles. The third-order valence-electron chi connectivity index (χ3n) is 3.57. The van der Waals surface area contributed by atoms with E-state index in [1.165, 1.54) is 6.92 Å². The lowest BCUT2D eigenvalue weighted by molar-refractivity contribution is -0.131. The van der Waals surface area contributed by atoms with E-state index in [-0.39, 0.29) is 18.2 Å². The molecule has 0 radical (unpaired) electrons. The van der Waals surface area contributed by atoms with Crippen molar-refractivity contribution >= 4 is 17.7 Å². The van der Waals surface area contributed by atoms with Crippen LogP contribution >= 0.6 is 0 Å². The van der Waals surface area contributed by atoms with Gasteiger partial charge in [0.2, 0.25) is 17.7 Å². The van der Waals surface area contributed by atoms with Gasteiger partial charge in [-0.05, 0) is 23.6 Å². The molecule has 24 heavy (non-hydrogen) atoms. The number of amides is 3. The first-order valence-corrected chi connectivity index (χ1v) is 7.74. The number of nitrogens with two attached hydrogens (primary N) is 1. The van der Waals surface area contributed by atoms with Crippen LogP contribution in [0.5, 0.6) is 5.75 Å². The zero-order valence-corrected chi connectivity index (χ0v) is 14.5. The van der Waals surface area contributed by atoms with E-state index in [0.29, 0.717) is 5.75 Å². The van der Waals surface area contributed by atoms with Gasteiger partial charge in [0.25, 0.3) is 0 Å². The molecule has 0 fully saturated rings. The van der Waals surface area contributed by atoms with Crippen LogP contribution in [0.15, 0.2) is 24.3 Å². The summed E-state index contributed by atoms with van der Waals surface area (Å²) in [5.74, 6) is -0.802. The summed E-state index contributed by atoms with van der Waals surface area (Å²) in [6.07, 6.45) is 0.260. The van der Waals surface area contributed by atoms with Gasteiger partial charge in [-0.15, -0.1) is 0 Å². The number of ether oxygens (including phenoxy) is 1. The van der Waals surface area contributed by atoms with Crippen molar-refractivity contribution < 1.29 is 19.1 Å². The molecule has 0 saturated carbocycles. The highest BCUT2D eigenvalue weighted by Gasteiger charge is 2.27. The van der Waals surface area contributed by atoms with E-state index in [9.17, 15) is 14.4 Å². The Morgan fingerprint density at radius 3 is 2.12 bits per heavy atom. The maximum Gasteiger partial charge on any atom is 0.243 e. The zero-order chi connectivity index (χ0) is 18.3. The summed E-state index contributed by atoms with van der Waals surface area (Å²) in [6.45, 7) is 4.96. The molecule has 7 heteroatoms. The molecule has 0 bridgehead atoms. The Kier molecular flexibility index (Phi) is 7.23. The average molecular weight is 335 g/mol. The van der Waals surface area contributed by atoms with E-state index in [1.54, 1.807) is 31.4 Å². The number of rotatable bonds is 8. The van der Waals surface area contributed by atoms with Gasteiger partial charge in [0, 0.05) is 13.3 Å². The number of methoxy groups -OCH3 is 1. The molecule has 2 atom stereocenters. The predicted octanol–water partition coefficient (Wildman–Crippen LogP) is 0.369. The maximum absolute atomic E-state index is 12.4. The van der Waals surface area contributed by atoms with Crippen molar-refractivity contribution in [2.45, 2.75) is 39.3 Å². The van der Waals surface area contributed by atoms with E-state index >= 15 is 0 Å². The molecule has 0 aliphatic carbocycles. The van der Waals surface area contributed by atoms with Crippen LogP contribution in [0.4, 0.5) is 0 Å². The minimum absolute atomic E-state index is 0.122. The molecular formula is C17H25N3O4. The van der Waals surface area contributed by atoms with E-state index in [2.05, 4.69) is 10.6 Å². The third kappa shape index (κ3) is 5.91. The van der Waals surface area contributed by atoms with E-state index in [1.807, 2.05) is 13.8 Å². The molecule has 132 valence electrons. The molecular weight excluding hydrogens is 310 g/mol. The van der Waals surface area contributed by atoms with Gasteiger partial charge >= 0.3 is 0 Å². The molecule has 0 saturated heterocycles. The second-order valence-electron chi connectivity index (χ2n) is 5.94. The third-order valence-corrected chi connectivity index (χ3v) is 3.57. The second kappa shape index (κ2) is 8.90. The monoisotopic (exact) mass is 335 g/mol. The van der Waals surface area contributed by atoms with Crippen LogP contribution in [0.1, 0.15) is 26.3 Å². The highest BCUT2D eigenvalue weighted by Crippen LogP contribution is 2.13. The fraction of sp³-hybridized carbons (Fsp3) is 0.471. The van der Waals surface area contributed by atoms with Crippen LogP contribution in [0.2, 0.25) is 0 Å². The SMILES string of the molecule is COc1ccc(C[C@@H](NC(=O)[C@H](NC(C)=O)C(C)C)C(N)=O)cc1. The van der Waals surface area contributed by atoms with Crippen molar-refractivity contribution in [2.24, 2.45) is 11.7 Å². The highest BCUT2D eigenvalue weighted by molar-refractivity contribution is 5.91. The van der Waals surface area contributed by atoms with E-state index in [0.717, 1.165) is 5.56 Å². The number of hydrogen-bond acceptors (Lipinski definition) is 4. The number of carbonyl (C=O) groups is 3. The van der Waals surface area contributed by atoms with Crippen LogP contribution in [0, 0.1) is 5.92 Å². The van der Waals surface area contributed by atoms with Crippen molar-refractivity contribution in [2.75, 3.05) is 7.11 Å². The fourth-order valence-electron chi connectivity index (χ4n) is 2.24. The summed E-state index contributed by atoms with van der Waals surface area (Å²) < 4.78 is 5.08. The molecule has 3 amide bonds. The minimum atomic E-state index is -0.860. The lowest BCUT2D eigenvalue weighted by atomic mass is 10.0. The Hall–Kier alpha value is -2.57. The average Bonchev–Trinajstić information content (AvgIpc) is 2.52. The lowest BCUT2D eigenvalue weighted by Crippen LogP contribution is -2.55. The molecule has 0 aliphatic rings. The first-order valence-electron chi connectivity index (χ1n) is 7.74. The first kappa shape index (κ1) is 19.5. The highest BCUT2D eigenvalue weighted by atomic mass is 16.5. The Balaban J connectivity index is 2.81. The molecule has 4 N–H and O–H groups in total. The van der Waals surface area contributed by atoms with Crippen molar-refractivity contribution in [3.63, 3.8) is 0 Å². The number of carbonyl (C=O) groups excluding carboxylic acids is 3. The summed E-state index contributed by atoms with van der Waals surface area (Å²) in [4.78, 5) is 35.3. The Bertz CT molecular complexity index is 584. The Labute approximate surface area is 141 Å². The molecule has 7 nitrogen and oxygen atoms in total. The number of primary amides is 1. The van der Waals surface area contributed by atoms with Gasteiger partial charge in [-0.1, -0.05) is 26.0 Å². The van der Waals surface area contributed by atoms with Crippen molar-refractivity contribution in [1.82, 2.24) is 10.6 Å². The topological polar surface area (TPSA) is 111 Å². The van der Waals surface area contributed by atoms with Crippen LogP contribution < -0.4 is 21.1 Å². The Morgan fingerprint density at radius 2 is 1.71 bits per heavy atom. The smallest absolute Gasteiger partial charge is 0.243 e. The van der Waals surface area contributed by atoms with Crippen molar-refractivity contribution in [3.05, 3.63) is 29.8 Å².